The maximum absolute atomic E-state index is 13.2. The van der Waals surface area contributed by atoms with E-state index in [-0.39, 0.29) is 18.0 Å². The molecule has 1 N–H and O–H groups in total. The first kappa shape index (κ1) is 14.0. The fourth-order valence-corrected chi connectivity index (χ4v) is 3.05. The zero-order valence-electron chi connectivity index (χ0n) is 12.4. The first-order valence-corrected chi connectivity index (χ1v) is 7.58. The molecule has 0 spiro atoms. The van der Waals surface area contributed by atoms with Crippen LogP contribution < -0.4 is 5.32 Å². The van der Waals surface area contributed by atoms with E-state index in [0.717, 1.165) is 11.1 Å². The maximum atomic E-state index is 13.2. The molecular formula is C18H16N2O3. The summed E-state index contributed by atoms with van der Waals surface area (Å²) in [4.78, 5) is 26.9. The van der Waals surface area contributed by atoms with Crippen molar-refractivity contribution in [2.45, 2.75) is 11.6 Å². The van der Waals surface area contributed by atoms with E-state index in [2.05, 4.69) is 5.32 Å². The molecular weight excluding hydrogens is 292 g/mol. The number of nitrogens with one attached hydrogen (secondary N) is 1. The normalized spacial score (nSPS) is 22.1. The molecule has 2 aromatic carbocycles. The summed E-state index contributed by atoms with van der Waals surface area (Å²) in [5, 5.41) is 2.91. The summed E-state index contributed by atoms with van der Waals surface area (Å²) in [5.41, 5.74) is 0.335. The van der Waals surface area contributed by atoms with E-state index in [1.807, 2.05) is 60.7 Å². The van der Waals surface area contributed by atoms with E-state index in [4.69, 9.17) is 4.74 Å². The number of nitrogens with zero attached hydrogens (tertiary/aromatic N) is 1. The van der Waals surface area contributed by atoms with Crippen LogP contribution >= 0.6 is 0 Å². The van der Waals surface area contributed by atoms with Gasteiger partial charge in [0.2, 0.25) is 0 Å². The van der Waals surface area contributed by atoms with Crippen LogP contribution in [-0.4, -0.2) is 36.1 Å². The molecule has 0 aliphatic carbocycles. The number of ether oxygens (including phenoxy) is 1. The van der Waals surface area contributed by atoms with Gasteiger partial charge in [0.25, 0.3) is 5.91 Å². The fraction of sp³-hybridized carbons (Fsp3) is 0.222. The van der Waals surface area contributed by atoms with Crippen molar-refractivity contribution in [1.82, 2.24) is 10.2 Å². The molecule has 3 amide bonds. The molecule has 1 unspecified atom stereocenters. The number of epoxide rings is 1. The number of rotatable bonds is 4. The van der Waals surface area contributed by atoms with Gasteiger partial charge in [-0.05, 0) is 11.1 Å². The Bertz CT molecular complexity index is 702. The van der Waals surface area contributed by atoms with Crippen LogP contribution in [0.2, 0.25) is 0 Å². The highest BCUT2D eigenvalue weighted by Crippen LogP contribution is 2.36. The summed E-state index contributed by atoms with van der Waals surface area (Å²) in [5.74, 6) is -0.254. The minimum atomic E-state index is -1.17. The van der Waals surface area contributed by atoms with Gasteiger partial charge < -0.3 is 10.1 Å². The molecule has 2 aromatic rings. The molecule has 4 rings (SSSR count). The van der Waals surface area contributed by atoms with Gasteiger partial charge in [-0.3, -0.25) is 9.69 Å². The second kappa shape index (κ2) is 5.21. The first-order chi connectivity index (χ1) is 11.2. The maximum Gasteiger partial charge on any atom is 0.325 e. The molecule has 0 radical (unpaired) electrons. The van der Waals surface area contributed by atoms with Crippen molar-refractivity contribution >= 4 is 11.9 Å². The number of imide groups is 1. The Balaban J connectivity index is 1.84. The molecule has 2 heterocycles. The number of hydrogen-bond acceptors (Lipinski definition) is 3. The highest BCUT2D eigenvalue weighted by molar-refractivity contribution is 6.09. The van der Waals surface area contributed by atoms with Crippen LogP contribution in [0.25, 0.3) is 0 Å². The molecule has 1 atom stereocenters. The summed E-state index contributed by atoms with van der Waals surface area (Å²) in [7, 11) is 0. The zero-order valence-corrected chi connectivity index (χ0v) is 12.4. The first-order valence-electron chi connectivity index (χ1n) is 7.58. The number of hydrogen-bond donors (Lipinski definition) is 1. The van der Waals surface area contributed by atoms with Gasteiger partial charge in [0.1, 0.15) is 0 Å². The number of amides is 3. The Morgan fingerprint density at radius 2 is 1.52 bits per heavy atom. The van der Waals surface area contributed by atoms with Crippen LogP contribution in [0.5, 0.6) is 0 Å². The summed E-state index contributed by atoms with van der Waals surface area (Å²) in [6.07, 6.45) is -0.0351. The number of urea groups is 1. The molecule has 2 aliphatic heterocycles. The van der Waals surface area contributed by atoms with Crippen LogP contribution in [0.15, 0.2) is 60.7 Å². The minimum Gasteiger partial charge on any atom is -0.371 e. The SMILES string of the molecule is O=C1NC(c2ccccc2)(c2ccccc2)C(=O)N1CC1CO1. The lowest BCUT2D eigenvalue weighted by Crippen LogP contribution is -2.45. The number of carbonyl (C=O) groups excluding carboxylic acids is 2. The van der Waals surface area contributed by atoms with Crippen molar-refractivity contribution in [2.75, 3.05) is 13.2 Å². The lowest BCUT2D eigenvalue weighted by Gasteiger charge is -2.27. The zero-order chi connectivity index (χ0) is 15.9. The lowest BCUT2D eigenvalue weighted by molar-refractivity contribution is -0.130. The van der Waals surface area contributed by atoms with Gasteiger partial charge in [0.15, 0.2) is 5.54 Å². The molecule has 2 saturated heterocycles. The van der Waals surface area contributed by atoms with Gasteiger partial charge in [0.05, 0.1) is 19.3 Å². The van der Waals surface area contributed by atoms with Crippen molar-refractivity contribution in [3.05, 3.63) is 71.8 Å². The molecule has 5 nitrogen and oxygen atoms in total. The van der Waals surface area contributed by atoms with Gasteiger partial charge in [0, 0.05) is 0 Å². The number of benzene rings is 2. The van der Waals surface area contributed by atoms with Crippen molar-refractivity contribution in [3.63, 3.8) is 0 Å². The Morgan fingerprint density at radius 3 is 2.00 bits per heavy atom. The van der Waals surface area contributed by atoms with Crippen LogP contribution in [0.3, 0.4) is 0 Å². The Morgan fingerprint density at radius 1 is 1.00 bits per heavy atom. The predicted molar refractivity (Wildman–Crippen MR) is 83.6 cm³/mol. The van der Waals surface area contributed by atoms with Crippen molar-refractivity contribution in [1.29, 1.82) is 0 Å². The monoisotopic (exact) mass is 308 g/mol. The van der Waals surface area contributed by atoms with Gasteiger partial charge >= 0.3 is 6.03 Å². The topological polar surface area (TPSA) is 61.9 Å². The minimum absolute atomic E-state index is 0.0351. The van der Waals surface area contributed by atoms with Gasteiger partial charge in [-0.25, -0.2) is 4.79 Å². The summed E-state index contributed by atoms with van der Waals surface area (Å²) in [6, 6.07) is 18.3. The second-order valence-corrected chi connectivity index (χ2v) is 5.78. The fourth-order valence-electron chi connectivity index (χ4n) is 3.05. The Labute approximate surface area is 133 Å². The molecule has 5 heteroatoms. The average Bonchev–Trinajstić information content (AvgIpc) is 3.38. The quantitative estimate of drug-likeness (QED) is 0.693. The molecule has 0 bridgehead atoms. The molecule has 2 fully saturated rings. The second-order valence-electron chi connectivity index (χ2n) is 5.78. The largest absolute Gasteiger partial charge is 0.371 e. The third-order valence-electron chi connectivity index (χ3n) is 4.31. The lowest BCUT2D eigenvalue weighted by atomic mass is 9.82. The van der Waals surface area contributed by atoms with Crippen LogP contribution in [0.4, 0.5) is 4.79 Å². The molecule has 116 valence electrons. The summed E-state index contributed by atoms with van der Waals surface area (Å²) < 4.78 is 5.17. The molecule has 2 aliphatic rings. The smallest absolute Gasteiger partial charge is 0.325 e. The van der Waals surface area contributed by atoms with Crippen LogP contribution in [0.1, 0.15) is 11.1 Å². The van der Waals surface area contributed by atoms with E-state index in [1.165, 1.54) is 4.90 Å². The molecule has 0 aromatic heterocycles. The van der Waals surface area contributed by atoms with Gasteiger partial charge in [-0.2, -0.15) is 0 Å². The standard InChI is InChI=1S/C18H16N2O3/c21-16-18(13-7-3-1-4-8-13,14-9-5-2-6-10-14)19-17(22)20(16)11-15-12-23-15/h1-10,15H,11-12H2,(H,19,22). The van der Waals surface area contributed by atoms with Crippen molar-refractivity contribution in [2.24, 2.45) is 0 Å². The highest BCUT2D eigenvalue weighted by Gasteiger charge is 2.54. The molecule has 23 heavy (non-hydrogen) atoms. The summed E-state index contributed by atoms with van der Waals surface area (Å²) in [6.45, 7) is 0.896. The van der Waals surface area contributed by atoms with Crippen LogP contribution in [0, 0.1) is 0 Å². The van der Waals surface area contributed by atoms with Crippen LogP contribution in [-0.2, 0) is 15.1 Å². The van der Waals surface area contributed by atoms with E-state index in [1.54, 1.807) is 0 Å². The third-order valence-corrected chi connectivity index (χ3v) is 4.31. The summed E-state index contributed by atoms with van der Waals surface area (Å²) >= 11 is 0. The Kier molecular flexibility index (Phi) is 3.16. The van der Waals surface area contributed by atoms with Gasteiger partial charge in [-0.1, -0.05) is 60.7 Å². The predicted octanol–water partition coefficient (Wildman–Crippen LogP) is 1.88. The van der Waals surface area contributed by atoms with E-state index >= 15 is 0 Å². The van der Waals surface area contributed by atoms with E-state index in [9.17, 15) is 9.59 Å². The van der Waals surface area contributed by atoms with E-state index < -0.39 is 5.54 Å². The number of carbonyl (C=O) groups is 2. The van der Waals surface area contributed by atoms with E-state index in [0.29, 0.717) is 13.2 Å². The average molecular weight is 308 g/mol. The van der Waals surface area contributed by atoms with Crippen molar-refractivity contribution in [3.8, 4) is 0 Å². The molecule has 0 saturated carbocycles. The Hall–Kier alpha value is -2.66. The highest BCUT2D eigenvalue weighted by atomic mass is 16.6. The van der Waals surface area contributed by atoms with Gasteiger partial charge in [-0.15, -0.1) is 0 Å². The third kappa shape index (κ3) is 2.21. The van der Waals surface area contributed by atoms with Crippen molar-refractivity contribution < 1.29 is 14.3 Å².